The van der Waals surface area contributed by atoms with Crippen LogP contribution in [0.25, 0.3) is 0 Å². The van der Waals surface area contributed by atoms with Crippen LogP contribution < -0.4 is 10.1 Å². The molecule has 0 fully saturated rings. The molecule has 0 aliphatic rings. The summed E-state index contributed by atoms with van der Waals surface area (Å²) in [7, 11) is -6.87. The third-order valence-electron chi connectivity index (χ3n) is 4.81. The van der Waals surface area contributed by atoms with E-state index in [9.17, 15) is 9.18 Å². The summed E-state index contributed by atoms with van der Waals surface area (Å²) in [5.41, 5.74) is 0.738. The highest BCUT2D eigenvalue weighted by molar-refractivity contribution is 6.91. The number of nitrogens with zero attached hydrogens (tertiary/aromatic N) is 1. The summed E-state index contributed by atoms with van der Waals surface area (Å²) in [5.74, 6) is -0.529. The molecule has 0 saturated heterocycles. The van der Waals surface area contributed by atoms with Crippen LogP contribution in [0.2, 0.25) is 64.5 Å². The molecule has 0 saturated carbocycles. The number of hydrogen-bond acceptors (Lipinski definition) is 4. The molecular weight excluding hydrogens is 466 g/mol. The van der Waals surface area contributed by atoms with Gasteiger partial charge in [0.05, 0.1) is 8.07 Å². The third-order valence-corrected chi connectivity index (χ3v) is 19.5. The Morgan fingerprint density at radius 3 is 1.90 bits per heavy atom. The van der Waals surface area contributed by atoms with Crippen molar-refractivity contribution in [2.24, 2.45) is 0 Å². The Bertz CT molecular complexity index is 664. The zero-order valence-corrected chi connectivity index (χ0v) is 25.6. The predicted molar refractivity (Wildman–Crippen MR) is 138 cm³/mol. The van der Waals surface area contributed by atoms with Crippen LogP contribution >= 0.6 is 0 Å². The molecule has 1 amide bonds. The molecule has 5 nitrogen and oxygen atoms in total. The van der Waals surface area contributed by atoms with Gasteiger partial charge < -0.3 is 17.2 Å². The molecule has 0 aliphatic carbocycles. The van der Waals surface area contributed by atoms with Crippen molar-refractivity contribution in [2.75, 3.05) is 18.6 Å². The number of amides is 1. The van der Waals surface area contributed by atoms with Gasteiger partial charge >= 0.3 is 8.80 Å². The van der Waals surface area contributed by atoms with Crippen molar-refractivity contribution >= 4 is 60.8 Å². The molecule has 0 bridgehead atoms. The van der Waals surface area contributed by atoms with Gasteiger partial charge in [0, 0.05) is 18.8 Å². The van der Waals surface area contributed by atoms with Crippen LogP contribution in [0.3, 0.4) is 0 Å². The average molecular weight is 506 g/mol. The van der Waals surface area contributed by atoms with E-state index < -0.39 is 56.6 Å². The molecule has 0 aromatic heterocycles. The Morgan fingerprint density at radius 2 is 1.47 bits per heavy atom. The minimum Gasteiger partial charge on any atom is -0.420 e. The lowest BCUT2D eigenvalue weighted by atomic mass is 10.3. The lowest BCUT2D eigenvalue weighted by Gasteiger charge is -2.37. The Kier molecular flexibility index (Phi) is 11.0. The minimum atomic E-state index is -2.68. The highest BCUT2D eigenvalue weighted by Gasteiger charge is 2.44. The molecule has 0 radical (unpaired) electrons. The van der Waals surface area contributed by atoms with Crippen molar-refractivity contribution in [3.05, 3.63) is 24.3 Å². The molecule has 0 heterocycles. The van der Waals surface area contributed by atoms with Gasteiger partial charge in [0.25, 0.3) is 5.91 Å². The Morgan fingerprint density at radius 1 is 0.967 bits per heavy atom. The van der Waals surface area contributed by atoms with Crippen molar-refractivity contribution in [3.8, 4) is 0 Å². The van der Waals surface area contributed by atoms with Crippen molar-refractivity contribution in [3.63, 3.8) is 0 Å². The molecule has 30 heavy (non-hydrogen) atoms. The fourth-order valence-corrected chi connectivity index (χ4v) is 20.6. The van der Waals surface area contributed by atoms with Gasteiger partial charge in [-0.2, -0.15) is 0 Å². The fourth-order valence-electron chi connectivity index (χ4n) is 3.32. The predicted octanol–water partition coefficient (Wildman–Crippen LogP) is 3.47. The van der Waals surface area contributed by atoms with E-state index in [1.165, 1.54) is 10.1 Å². The summed E-state index contributed by atoms with van der Waals surface area (Å²) in [6.45, 7) is 16.8. The van der Waals surface area contributed by atoms with Gasteiger partial charge in [-0.25, -0.2) is 4.39 Å². The summed E-state index contributed by atoms with van der Waals surface area (Å²) in [4.78, 5) is 13.2. The number of halogens is 1. The van der Waals surface area contributed by atoms with E-state index in [1.54, 1.807) is 7.05 Å². The quantitative estimate of drug-likeness (QED) is 0.408. The topological polar surface area (TPSA) is 48.0 Å². The lowest BCUT2D eigenvalue weighted by Crippen LogP contribution is -2.55. The number of carbonyl (C=O) groups is 1. The first-order valence-electron chi connectivity index (χ1n) is 10.8. The monoisotopic (exact) mass is 505 g/mol. The summed E-state index contributed by atoms with van der Waals surface area (Å²) >= 11 is 0. The van der Waals surface area contributed by atoms with Gasteiger partial charge in [-0.3, -0.25) is 4.79 Å². The lowest BCUT2D eigenvalue weighted by molar-refractivity contribution is -0.119. The van der Waals surface area contributed by atoms with E-state index in [0.29, 0.717) is 0 Å². The zero-order valence-electron chi connectivity index (χ0n) is 20.1. The summed E-state index contributed by atoms with van der Waals surface area (Å²) < 4.78 is 32.4. The molecule has 0 spiro atoms. The van der Waals surface area contributed by atoms with E-state index >= 15 is 0 Å². The minimum absolute atomic E-state index is 0.529. The molecule has 0 atom stereocenters. The Balaban J connectivity index is 3.13. The summed E-state index contributed by atoms with van der Waals surface area (Å²) in [6, 6.07) is 9.82. The van der Waals surface area contributed by atoms with Crippen molar-refractivity contribution in [1.82, 2.24) is 0 Å². The van der Waals surface area contributed by atoms with E-state index in [1.807, 2.05) is 18.2 Å². The van der Waals surface area contributed by atoms with Crippen LogP contribution in [0.1, 0.15) is 0 Å². The fraction of sp³-hybridized carbons (Fsp3) is 0.632. The first-order valence-corrected chi connectivity index (χ1v) is 24.3. The maximum absolute atomic E-state index is 12.8. The van der Waals surface area contributed by atoms with Crippen LogP contribution in [0, 0.1) is 0 Å². The van der Waals surface area contributed by atoms with Crippen molar-refractivity contribution < 1.29 is 21.5 Å². The molecule has 1 rings (SSSR count). The van der Waals surface area contributed by atoms with Gasteiger partial charge in [0.2, 0.25) is 0 Å². The number of anilines is 1. The maximum atomic E-state index is 12.8. The molecule has 11 heteroatoms. The van der Waals surface area contributed by atoms with E-state index in [0.717, 1.165) is 17.8 Å². The molecule has 1 aromatic rings. The smallest absolute Gasteiger partial charge is 0.420 e. The summed E-state index contributed by atoms with van der Waals surface area (Å²) in [5, 5.41) is 1.24. The van der Waals surface area contributed by atoms with Crippen LogP contribution in [0.15, 0.2) is 24.3 Å². The first-order chi connectivity index (χ1) is 13.8. The Labute approximate surface area is 189 Å². The van der Waals surface area contributed by atoms with E-state index in [4.69, 9.17) is 12.3 Å². The number of benzene rings is 1. The first kappa shape index (κ1) is 27.6. The van der Waals surface area contributed by atoms with Gasteiger partial charge in [-0.15, -0.1) is 0 Å². The van der Waals surface area contributed by atoms with E-state index in [-0.39, 0.29) is 0 Å². The van der Waals surface area contributed by atoms with Crippen molar-refractivity contribution in [1.29, 1.82) is 0 Å². The normalized spacial score (nSPS) is 12.8. The second-order valence-corrected chi connectivity index (χ2v) is 25.0. The van der Waals surface area contributed by atoms with E-state index in [2.05, 4.69) is 58.4 Å². The SMILES string of the molecule is CN(C(=O)CF)c1cccc([Si](C)(C)CC[Si](O[SiH](C)C)(O[SiH](C)C)O[SiH](C)C)c1. The largest absolute Gasteiger partial charge is 0.468 e. The van der Waals surface area contributed by atoms with Gasteiger partial charge in [0.1, 0.15) is 0 Å². The zero-order chi connectivity index (χ0) is 23.1. The third kappa shape index (κ3) is 8.61. The molecule has 0 aliphatic heterocycles. The highest BCUT2D eigenvalue weighted by Crippen LogP contribution is 2.27. The second kappa shape index (κ2) is 12.0. The number of carbonyl (C=O) groups excluding carboxylic acids is 1. The number of rotatable bonds is 12. The van der Waals surface area contributed by atoms with Crippen LogP contribution in [-0.2, 0) is 17.1 Å². The second-order valence-electron chi connectivity index (χ2n) is 9.20. The standard InChI is InChI=1S/C19H40FNO4Si5/c1-21(19(22)16-20)17-11-10-12-18(15-17)29(8,9)13-14-30(23-26(2)3,24-27(4)5)25-28(6)7/h10-12,15,26-28H,13-14,16H2,1-9H3. The van der Waals surface area contributed by atoms with Gasteiger partial charge in [0.15, 0.2) is 33.8 Å². The molecular formula is C19H40FNO4Si5. The van der Waals surface area contributed by atoms with Crippen molar-refractivity contribution in [2.45, 2.75) is 64.5 Å². The highest BCUT2D eigenvalue weighted by atomic mass is 28.5. The van der Waals surface area contributed by atoms with Gasteiger partial charge in [-0.1, -0.05) is 30.4 Å². The number of alkyl halides is 1. The number of hydrogen-bond donors (Lipinski definition) is 0. The molecule has 172 valence electrons. The molecule has 0 N–H and O–H groups in total. The molecule has 0 unspecified atom stereocenters. The maximum Gasteiger partial charge on any atom is 0.468 e. The van der Waals surface area contributed by atoms with Crippen LogP contribution in [0.5, 0.6) is 0 Å². The summed E-state index contributed by atoms with van der Waals surface area (Å²) in [6.07, 6.45) is 0. The molecule has 1 aromatic carbocycles. The van der Waals surface area contributed by atoms with Gasteiger partial charge in [-0.05, 0) is 57.5 Å². The van der Waals surface area contributed by atoms with Crippen LogP contribution in [-0.4, -0.2) is 63.6 Å². The average Bonchev–Trinajstić information content (AvgIpc) is 2.63. The Hall–Kier alpha value is -0.416. The van der Waals surface area contributed by atoms with Crippen LogP contribution in [0.4, 0.5) is 10.1 Å².